The van der Waals surface area contributed by atoms with E-state index in [9.17, 15) is 4.79 Å². The highest BCUT2D eigenvalue weighted by molar-refractivity contribution is 5.99. The van der Waals surface area contributed by atoms with Gasteiger partial charge in [-0.15, -0.1) is 0 Å². The van der Waals surface area contributed by atoms with Crippen LogP contribution in [0.5, 0.6) is 0 Å². The molecule has 1 heterocycles. The van der Waals surface area contributed by atoms with Crippen molar-refractivity contribution >= 4 is 27.8 Å². The number of fused-ring (bicyclic) bond motifs is 2. The average Bonchev–Trinajstić information content (AvgIpc) is 2.82. The van der Waals surface area contributed by atoms with Crippen molar-refractivity contribution in [3.05, 3.63) is 48.7 Å². The lowest BCUT2D eigenvalue weighted by Gasteiger charge is -2.09. The average molecular weight is 239 g/mol. The molecule has 0 amide bonds. The summed E-state index contributed by atoms with van der Waals surface area (Å²) < 4.78 is 6.60. The maximum Gasteiger partial charge on any atom is 0.418 e. The first-order valence-electron chi connectivity index (χ1n) is 5.96. The van der Waals surface area contributed by atoms with Gasteiger partial charge in [0.2, 0.25) is 0 Å². The predicted molar refractivity (Wildman–Crippen MR) is 71.9 cm³/mol. The molecule has 3 aromatic rings. The Kier molecular flexibility index (Phi) is 2.52. The molecule has 0 aliphatic rings. The van der Waals surface area contributed by atoms with E-state index < -0.39 is 0 Å². The minimum Gasteiger partial charge on any atom is -0.449 e. The van der Waals surface area contributed by atoms with E-state index in [0.717, 1.165) is 16.3 Å². The molecule has 2 aromatic carbocycles. The fraction of sp³-hybridized carbons (Fsp3) is 0.133. The Bertz CT molecular complexity index is 728. The van der Waals surface area contributed by atoms with Gasteiger partial charge in [-0.05, 0) is 41.3 Å². The van der Waals surface area contributed by atoms with Gasteiger partial charge >= 0.3 is 6.09 Å². The lowest BCUT2D eigenvalue weighted by molar-refractivity contribution is 0.155. The van der Waals surface area contributed by atoms with Crippen LogP contribution in [0.25, 0.3) is 21.7 Å². The maximum atomic E-state index is 11.9. The SMILES string of the molecule is CCOC(=O)n1cccc2cc3cccc3cc21. The van der Waals surface area contributed by atoms with Crippen molar-refractivity contribution < 1.29 is 9.53 Å². The smallest absolute Gasteiger partial charge is 0.418 e. The number of rotatable bonds is 1. The molecule has 0 bridgehead atoms. The maximum absolute atomic E-state index is 11.9. The topological polar surface area (TPSA) is 31.2 Å². The summed E-state index contributed by atoms with van der Waals surface area (Å²) in [7, 11) is 0. The minimum atomic E-state index is -0.339. The molecule has 0 aliphatic heterocycles. The first kappa shape index (κ1) is 10.8. The van der Waals surface area contributed by atoms with Crippen LogP contribution < -0.4 is 0 Å². The third-order valence-corrected chi connectivity index (χ3v) is 3.02. The van der Waals surface area contributed by atoms with Crippen LogP contribution in [0.3, 0.4) is 0 Å². The van der Waals surface area contributed by atoms with E-state index in [2.05, 4.69) is 12.1 Å². The zero-order valence-electron chi connectivity index (χ0n) is 10.1. The van der Waals surface area contributed by atoms with Crippen molar-refractivity contribution in [2.75, 3.05) is 6.61 Å². The monoisotopic (exact) mass is 239 g/mol. The van der Waals surface area contributed by atoms with Gasteiger partial charge in [0, 0.05) is 6.20 Å². The van der Waals surface area contributed by atoms with E-state index in [-0.39, 0.29) is 6.09 Å². The number of benzene rings is 1. The third-order valence-electron chi connectivity index (χ3n) is 3.02. The number of pyridine rings is 1. The third kappa shape index (κ3) is 1.64. The van der Waals surface area contributed by atoms with E-state index in [1.807, 2.05) is 30.3 Å². The minimum absolute atomic E-state index is 0.339. The van der Waals surface area contributed by atoms with Crippen LogP contribution in [-0.4, -0.2) is 17.3 Å². The highest BCUT2D eigenvalue weighted by atomic mass is 16.5. The number of ether oxygens (including phenoxy) is 1. The summed E-state index contributed by atoms with van der Waals surface area (Å²) in [6, 6.07) is 14.1. The first-order chi connectivity index (χ1) is 8.79. The van der Waals surface area contributed by atoms with Gasteiger partial charge in [0.1, 0.15) is 0 Å². The summed E-state index contributed by atoms with van der Waals surface area (Å²) in [6.07, 6.45) is 1.39. The highest BCUT2D eigenvalue weighted by Crippen LogP contribution is 2.23. The number of hydrogen-bond donors (Lipinski definition) is 0. The fourth-order valence-electron chi connectivity index (χ4n) is 2.19. The van der Waals surface area contributed by atoms with Crippen molar-refractivity contribution in [3.63, 3.8) is 0 Å². The van der Waals surface area contributed by atoms with E-state index in [4.69, 9.17) is 4.74 Å². The first-order valence-corrected chi connectivity index (χ1v) is 5.96. The predicted octanol–water partition coefficient (Wildman–Crippen LogP) is 3.80. The number of carbonyl (C=O) groups is 1. The Morgan fingerprint density at radius 2 is 1.83 bits per heavy atom. The Balaban J connectivity index is 2.28. The second-order valence-electron chi connectivity index (χ2n) is 4.14. The fourth-order valence-corrected chi connectivity index (χ4v) is 2.19. The number of hydrogen-bond acceptors (Lipinski definition) is 2. The van der Waals surface area contributed by atoms with Crippen molar-refractivity contribution in [2.24, 2.45) is 0 Å². The van der Waals surface area contributed by atoms with E-state index >= 15 is 0 Å². The van der Waals surface area contributed by atoms with E-state index in [0.29, 0.717) is 6.61 Å². The zero-order chi connectivity index (χ0) is 12.5. The normalized spacial score (nSPS) is 10.9. The molecular formula is C15H13NO2. The molecular weight excluding hydrogens is 226 g/mol. The van der Waals surface area contributed by atoms with Gasteiger partial charge in [-0.2, -0.15) is 0 Å². The Hall–Kier alpha value is -2.29. The Morgan fingerprint density at radius 1 is 1.11 bits per heavy atom. The quantitative estimate of drug-likeness (QED) is 0.646. The van der Waals surface area contributed by atoms with Crippen LogP contribution in [0.1, 0.15) is 6.92 Å². The molecule has 0 fully saturated rings. The second-order valence-corrected chi connectivity index (χ2v) is 4.14. The van der Waals surface area contributed by atoms with Crippen molar-refractivity contribution in [1.82, 2.24) is 4.57 Å². The van der Waals surface area contributed by atoms with Crippen LogP contribution in [0.2, 0.25) is 0 Å². The molecule has 0 aliphatic carbocycles. The molecule has 1 aromatic heterocycles. The number of carbonyl (C=O) groups excluding carboxylic acids is 1. The molecule has 18 heavy (non-hydrogen) atoms. The van der Waals surface area contributed by atoms with Gasteiger partial charge < -0.3 is 4.74 Å². The van der Waals surface area contributed by atoms with Crippen LogP contribution >= 0.6 is 0 Å². The summed E-state index contributed by atoms with van der Waals surface area (Å²) in [6.45, 7) is 2.18. The molecule has 3 heteroatoms. The molecule has 90 valence electrons. The van der Waals surface area contributed by atoms with Gasteiger partial charge in [-0.3, -0.25) is 4.57 Å². The van der Waals surface area contributed by atoms with Crippen molar-refractivity contribution in [1.29, 1.82) is 0 Å². The van der Waals surface area contributed by atoms with Gasteiger partial charge in [0.15, 0.2) is 0 Å². The van der Waals surface area contributed by atoms with Crippen molar-refractivity contribution in [3.8, 4) is 0 Å². The van der Waals surface area contributed by atoms with Gasteiger partial charge in [0.25, 0.3) is 0 Å². The van der Waals surface area contributed by atoms with E-state index in [1.165, 1.54) is 5.39 Å². The second kappa shape index (κ2) is 4.18. The van der Waals surface area contributed by atoms with Crippen LogP contribution in [0, 0.1) is 0 Å². The van der Waals surface area contributed by atoms with E-state index in [1.54, 1.807) is 17.7 Å². The number of aromatic nitrogens is 1. The molecule has 0 saturated carbocycles. The lowest BCUT2D eigenvalue weighted by atomic mass is 10.1. The number of nitrogens with zero attached hydrogens (tertiary/aromatic N) is 1. The molecule has 3 nitrogen and oxygen atoms in total. The van der Waals surface area contributed by atoms with Gasteiger partial charge in [-0.1, -0.05) is 24.3 Å². The highest BCUT2D eigenvalue weighted by Gasteiger charge is 2.08. The summed E-state index contributed by atoms with van der Waals surface area (Å²) in [4.78, 5) is 11.9. The molecule has 0 unspecified atom stereocenters. The molecule has 0 saturated heterocycles. The molecule has 3 rings (SSSR count). The largest absolute Gasteiger partial charge is 0.449 e. The van der Waals surface area contributed by atoms with Crippen LogP contribution in [-0.2, 0) is 4.74 Å². The zero-order valence-corrected chi connectivity index (χ0v) is 10.1. The summed E-state index contributed by atoms with van der Waals surface area (Å²) in [5, 5.41) is 3.35. The van der Waals surface area contributed by atoms with Gasteiger partial charge in [-0.25, -0.2) is 4.79 Å². The summed E-state index contributed by atoms with van der Waals surface area (Å²) in [5.74, 6) is 0. The molecule has 0 spiro atoms. The Morgan fingerprint density at radius 3 is 2.61 bits per heavy atom. The molecule has 0 atom stereocenters. The molecule has 0 N–H and O–H groups in total. The standard InChI is InChI=1S/C15H13NO2/c1-2-18-15(17)16-8-4-7-13-9-11-5-3-6-12(11)10-14(13)16/h3-10H,2H2,1H3. The van der Waals surface area contributed by atoms with Crippen molar-refractivity contribution in [2.45, 2.75) is 6.92 Å². The van der Waals surface area contributed by atoms with Crippen LogP contribution in [0.15, 0.2) is 48.7 Å². The lowest BCUT2D eigenvalue weighted by Crippen LogP contribution is -2.14. The molecule has 0 radical (unpaired) electrons. The van der Waals surface area contributed by atoms with Crippen LogP contribution in [0.4, 0.5) is 4.79 Å². The summed E-state index contributed by atoms with van der Waals surface area (Å²) >= 11 is 0. The van der Waals surface area contributed by atoms with Gasteiger partial charge in [0.05, 0.1) is 12.1 Å². The summed E-state index contributed by atoms with van der Waals surface area (Å²) in [5.41, 5.74) is 0.870. The Labute approximate surface area is 105 Å².